The van der Waals surface area contributed by atoms with Crippen molar-refractivity contribution in [3.63, 3.8) is 0 Å². The molecule has 1 aromatic heterocycles. The largest absolute Gasteiger partial charge is 0.316 e. The molecule has 96 valence electrons. The second-order valence-corrected chi connectivity index (χ2v) is 3.96. The van der Waals surface area contributed by atoms with Crippen molar-refractivity contribution < 1.29 is 0 Å². The van der Waals surface area contributed by atoms with Gasteiger partial charge in [-0.15, -0.1) is 0 Å². The topological polar surface area (TPSA) is 65.7 Å². The summed E-state index contributed by atoms with van der Waals surface area (Å²) in [7, 11) is 0. The van der Waals surface area contributed by atoms with Crippen LogP contribution >= 0.6 is 0 Å². The summed E-state index contributed by atoms with van der Waals surface area (Å²) in [6, 6.07) is 9.70. The van der Waals surface area contributed by atoms with E-state index in [1.807, 2.05) is 36.4 Å². The van der Waals surface area contributed by atoms with Gasteiger partial charge in [0.05, 0.1) is 0 Å². The van der Waals surface area contributed by atoms with E-state index in [-0.39, 0.29) is 21.8 Å². The van der Waals surface area contributed by atoms with Crippen LogP contribution in [0.4, 0.5) is 0 Å². The zero-order valence-corrected chi connectivity index (χ0v) is 10.5. The molecule has 0 saturated carbocycles. The average Bonchev–Trinajstić information content (AvgIpc) is 2.43. The van der Waals surface area contributed by atoms with Crippen LogP contribution in [0, 0.1) is 0 Å². The maximum atomic E-state index is 11.7. The number of aromatic nitrogens is 2. The first-order valence-electron chi connectivity index (χ1n) is 5.93. The van der Waals surface area contributed by atoms with E-state index in [1.54, 1.807) is 25.2 Å². The molecular formula is C15H14N2O2. The smallest absolute Gasteiger partial charge is 0.272 e. The van der Waals surface area contributed by atoms with Crippen molar-refractivity contribution in [1.29, 1.82) is 0 Å². The fraction of sp³-hybridized carbons (Fsp3) is 0.0667. The van der Waals surface area contributed by atoms with Crippen molar-refractivity contribution in [2.24, 2.45) is 0 Å². The predicted molar refractivity (Wildman–Crippen MR) is 77.0 cm³/mol. The van der Waals surface area contributed by atoms with Crippen molar-refractivity contribution in [3.8, 4) is 0 Å². The molecule has 0 radical (unpaired) electrons. The molecule has 1 aromatic carbocycles. The predicted octanol–water partition coefficient (Wildman–Crippen LogP) is 0.357. The maximum Gasteiger partial charge on any atom is 0.272 e. The van der Waals surface area contributed by atoms with Crippen molar-refractivity contribution in [1.82, 2.24) is 9.97 Å². The number of nitrogens with one attached hydrogen (secondary N) is 2. The van der Waals surface area contributed by atoms with Gasteiger partial charge >= 0.3 is 0 Å². The fourth-order valence-corrected chi connectivity index (χ4v) is 1.63. The maximum absolute atomic E-state index is 11.7. The lowest BCUT2D eigenvalue weighted by atomic mass is 10.2. The van der Waals surface area contributed by atoms with E-state index in [9.17, 15) is 9.59 Å². The van der Waals surface area contributed by atoms with Crippen LogP contribution in [-0.4, -0.2) is 9.97 Å². The van der Waals surface area contributed by atoms with E-state index < -0.39 is 0 Å². The van der Waals surface area contributed by atoms with Crippen LogP contribution in [0.3, 0.4) is 0 Å². The third kappa shape index (κ3) is 3.19. The summed E-state index contributed by atoms with van der Waals surface area (Å²) < 4.78 is 0. The van der Waals surface area contributed by atoms with Crippen LogP contribution in [0.25, 0.3) is 18.2 Å². The molecule has 0 unspecified atom stereocenters. The molecule has 0 spiro atoms. The lowest BCUT2D eigenvalue weighted by molar-refractivity contribution is 1.00. The van der Waals surface area contributed by atoms with Gasteiger partial charge in [0, 0.05) is 0 Å². The molecule has 0 aliphatic rings. The van der Waals surface area contributed by atoms with E-state index in [0.717, 1.165) is 5.56 Å². The monoisotopic (exact) mass is 254 g/mol. The summed E-state index contributed by atoms with van der Waals surface area (Å²) in [5.74, 6) is 0. The molecule has 2 N–H and O–H groups in total. The lowest BCUT2D eigenvalue weighted by Crippen LogP contribution is -2.46. The molecule has 0 atom stereocenters. The van der Waals surface area contributed by atoms with Crippen molar-refractivity contribution in [2.75, 3.05) is 0 Å². The van der Waals surface area contributed by atoms with Gasteiger partial charge in [0.25, 0.3) is 11.1 Å². The minimum Gasteiger partial charge on any atom is -0.316 e. The Morgan fingerprint density at radius 2 is 1.58 bits per heavy atom. The number of hydrogen-bond donors (Lipinski definition) is 2. The van der Waals surface area contributed by atoms with Crippen LogP contribution in [-0.2, 0) is 0 Å². The highest BCUT2D eigenvalue weighted by Gasteiger charge is 1.92. The fourth-order valence-electron chi connectivity index (χ4n) is 1.63. The van der Waals surface area contributed by atoms with Gasteiger partial charge in [-0.05, 0) is 18.6 Å². The molecule has 4 nitrogen and oxygen atoms in total. The van der Waals surface area contributed by atoms with Gasteiger partial charge in [0.2, 0.25) is 0 Å². The van der Waals surface area contributed by atoms with Gasteiger partial charge in [0.15, 0.2) is 0 Å². The molecule has 0 saturated heterocycles. The Labute approximate surface area is 109 Å². The zero-order chi connectivity index (χ0) is 13.7. The lowest BCUT2D eigenvalue weighted by Gasteiger charge is -1.89. The first-order chi connectivity index (χ1) is 9.20. The quantitative estimate of drug-likeness (QED) is 0.812. The number of hydrogen-bond acceptors (Lipinski definition) is 2. The highest BCUT2D eigenvalue weighted by Crippen LogP contribution is 2.00. The van der Waals surface area contributed by atoms with Gasteiger partial charge in [0.1, 0.15) is 10.7 Å². The highest BCUT2D eigenvalue weighted by atomic mass is 16.1. The first-order valence-corrected chi connectivity index (χ1v) is 5.93. The van der Waals surface area contributed by atoms with Crippen LogP contribution in [0.1, 0.15) is 12.5 Å². The van der Waals surface area contributed by atoms with E-state index in [2.05, 4.69) is 9.97 Å². The van der Waals surface area contributed by atoms with E-state index >= 15 is 0 Å². The molecule has 0 aliphatic carbocycles. The van der Waals surface area contributed by atoms with Crippen LogP contribution in [0.15, 0.2) is 46.0 Å². The van der Waals surface area contributed by atoms with Crippen molar-refractivity contribution in [3.05, 3.63) is 73.4 Å². The Morgan fingerprint density at radius 3 is 2.26 bits per heavy atom. The van der Waals surface area contributed by atoms with E-state index in [4.69, 9.17) is 0 Å². The Balaban J connectivity index is 2.41. The summed E-state index contributed by atoms with van der Waals surface area (Å²) >= 11 is 0. The summed E-state index contributed by atoms with van der Waals surface area (Å²) in [4.78, 5) is 28.3. The Kier molecular flexibility index (Phi) is 3.93. The highest BCUT2D eigenvalue weighted by molar-refractivity contribution is 5.56. The summed E-state index contributed by atoms with van der Waals surface area (Å²) in [6.07, 6.45) is 6.72. The minimum atomic E-state index is -0.314. The molecule has 2 aromatic rings. The Morgan fingerprint density at radius 1 is 0.947 bits per heavy atom. The molecule has 2 rings (SSSR count). The van der Waals surface area contributed by atoms with E-state index in [1.165, 1.54) is 0 Å². The average molecular weight is 254 g/mol. The van der Waals surface area contributed by atoms with Crippen molar-refractivity contribution in [2.45, 2.75) is 6.92 Å². The molecule has 0 amide bonds. The number of benzene rings is 1. The summed E-state index contributed by atoms with van der Waals surface area (Å²) in [5, 5.41) is 0.511. The number of aromatic amines is 2. The van der Waals surface area contributed by atoms with Crippen molar-refractivity contribution >= 4 is 18.2 Å². The minimum absolute atomic E-state index is 0.239. The molecule has 4 heteroatoms. The molecular weight excluding hydrogens is 240 g/mol. The third-order valence-corrected chi connectivity index (χ3v) is 2.63. The number of allylic oxidation sites excluding steroid dienone is 1. The standard InChI is InChI=1S/C15H14N2O2/c1-2-12-14(18)17-13(15(19)16-12)10-6-9-11-7-4-3-5-8-11/h2-10H,1H3,(H,16,19)(H,17,18)/b9-6-,12-2+,13-10+. The Bertz CT molecular complexity index is 812. The molecule has 0 aliphatic heterocycles. The van der Waals surface area contributed by atoms with Crippen LogP contribution in [0.5, 0.6) is 0 Å². The number of rotatable bonds is 2. The van der Waals surface area contributed by atoms with E-state index in [0.29, 0.717) is 0 Å². The third-order valence-electron chi connectivity index (χ3n) is 2.63. The van der Waals surface area contributed by atoms with Crippen LogP contribution in [0.2, 0.25) is 0 Å². The summed E-state index contributed by atoms with van der Waals surface area (Å²) in [5.41, 5.74) is 0.405. The molecule has 0 fully saturated rings. The second-order valence-electron chi connectivity index (χ2n) is 3.96. The SMILES string of the molecule is C/C=c1/[nH]c(=O)/c(=C\C=C/c2ccccc2)[nH]c1=O. The molecule has 19 heavy (non-hydrogen) atoms. The zero-order valence-electron chi connectivity index (χ0n) is 10.5. The Hall–Kier alpha value is -2.62. The van der Waals surface area contributed by atoms with Gasteiger partial charge in [-0.1, -0.05) is 48.6 Å². The first kappa shape index (κ1) is 12.8. The second kappa shape index (κ2) is 5.82. The van der Waals surface area contributed by atoms with Gasteiger partial charge in [-0.2, -0.15) is 0 Å². The summed E-state index contributed by atoms with van der Waals surface area (Å²) in [6.45, 7) is 1.69. The van der Waals surface area contributed by atoms with Gasteiger partial charge < -0.3 is 9.97 Å². The molecule has 1 heterocycles. The normalized spacial score (nSPS) is 13.3. The number of H-pyrrole nitrogens is 2. The van der Waals surface area contributed by atoms with Gasteiger partial charge in [-0.25, -0.2) is 0 Å². The van der Waals surface area contributed by atoms with Crippen LogP contribution < -0.4 is 21.8 Å². The van der Waals surface area contributed by atoms with Gasteiger partial charge in [-0.3, -0.25) is 9.59 Å². The molecule has 0 bridgehead atoms.